The van der Waals surface area contributed by atoms with Crippen LogP contribution < -0.4 is 10.1 Å². The molecule has 0 aliphatic carbocycles. The summed E-state index contributed by atoms with van der Waals surface area (Å²) in [4.78, 5) is 32.7. The van der Waals surface area contributed by atoms with Crippen LogP contribution in [0.1, 0.15) is 30.4 Å². The number of anilines is 1. The van der Waals surface area contributed by atoms with Crippen molar-refractivity contribution < 1.29 is 19.1 Å². The number of hydrogen-bond acceptors (Lipinski definition) is 5. The zero-order valence-corrected chi connectivity index (χ0v) is 18.0. The number of carbonyl (C=O) groups excluding carboxylic acids is 2. The average Bonchev–Trinajstić information content (AvgIpc) is 3.22. The molecule has 32 heavy (non-hydrogen) atoms. The first-order chi connectivity index (χ1) is 15.6. The SMILES string of the molecule is O=C(CC1CCOCC1)N1CC(Oc2ccc(NC(=O)N3Cc4ccncc4C3)cc2)C1. The topological polar surface area (TPSA) is 84.0 Å². The molecule has 2 saturated heterocycles. The first-order valence-corrected chi connectivity index (χ1v) is 11.2. The molecular weight excluding hydrogens is 408 g/mol. The maximum atomic E-state index is 12.6. The summed E-state index contributed by atoms with van der Waals surface area (Å²) in [5.41, 5.74) is 2.95. The largest absolute Gasteiger partial charge is 0.487 e. The highest BCUT2D eigenvalue weighted by Gasteiger charge is 2.33. The fraction of sp³-hybridized carbons (Fsp3) is 0.458. The third-order valence-corrected chi connectivity index (χ3v) is 6.43. The Balaban J connectivity index is 1.05. The van der Waals surface area contributed by atoms with Gasteiger partial charge in [-0.25, -0.2) is 4.79 Å². The summed E-state index contributed by atoms with van der Waals surface area (Å²) in [6.45, 7) is 3.96. The van der Waals surface area contributed by atoms with Crippen LogP contribution in [0.15, 0.2) is 42.7 Å². The number of ether oxygens (including phenoxy) is 2. The summed E-state index contributed by atoms with van der Waals surface area (Å²) < 4.78 is 11.3. The molecule has 168 valence electrons. The highest BCUT2D eigenvalue weighted by atomic mass is 16.5. The van der Waals surface area contributed by atoms with Crippen LogP contribution in [0.3, 0.4) is 0 Å². The van der Waals surface area contributed by atoms with E-state index in [4.69, 9.17) is 9.47 Å². The van der Waals surface area contributed by atoms with Crippen molar-refractivity contribution in [3.05, 3.63) is 53.9 Å². The lowest BCUT2D eigenvalue weighted by atomic mass is 9.95. The molecule has 0 atom stereocenters. The molecule has 4 heterocycles. The molecule has 0 unspecified atom stereocenters. The fourth-order valence-corrected chi connectivity index (χ4v) is 4.42. The van der Waals surface area contributed by atoms with E-state index in [1.807, 2.05) is 41.4 Å². The summed E-state index contributed by atoms with van der Waals surface area (Å²) in [5.74, 6) is 1.41. The molecule has 3 amide bonds. The minimum Gasteiger partial charge on any atom is -0.487 e. The molecule has 2 fully saturated rings. The van der Waals surface area contributed by atoms with Gasteiger partial charge in [-0.05, 0) is 60.2 Å². The Morgan fingerprint density at radius 2 is 1.78 bits per heavy atom. The van der Waals surface area contributed by atoms with E-state index in [1.54, 1.807) is 11.1 Å². The second-order valence-corrected chi connectivity index (χ2v) is 8.75. The normalized spacial score (nSPS) is 18.8. The van der Waals surface area contributed by atoms with Crippen LogP contribution in [0.25, 0.3) is 0 Å². The van der Waals surface area contributed by atoms with E-state index < -0.39 is 0 Å². The van der Waals surface area contributed by atoms with E-state index in [9.17, 15) is 9.59 Å². The van der Waals surface area contributed by atoms with Crippen molar-refractivity contribution in [1.29, 1.82) is 0 Å². The molecule has 1 N–H and O–H groups in total. The molecule has 2 aromatic rings. The van der Waals surface area contributed by atoms with Gasteiger partial charge in [0.05, 0.1) is 13.1 Å². The van der Waals surface area contributed by atoms with Gasteiger partial charge in [0.25, 0.3) is 0 Å². The Morgan fingerprint density at radius 1 is 1.03 bits per heavy atom. The van der Waals surface area contributed by atoms with E-state index in [0.717, 1.165) is 48.6 Å². The number of carbonyl (C=O) groups is 2. The highest BCUT2D eigenvalue weighted by molar-refractivity contribution is 5.89. The van der Waals surface area contributed by atoms with Gasteiger partial charge >= 0.3 is 6.03 Å². The summed E-state index contributed by atoms with van der Waals surface area (Å²) in [6.07, 6.45) is 6.15. The van der Waals surface area contributed by atoms with E-state index in [0.29, 0.717) is 38.5 Å². The second-order valence-electron chi connectivity index (χ2n) is 8.75. The van der Waals surface area contributed by atoms with Crippen molar-refractivity contribution in [2.24, 2.45) is 5.92 Å². The fourth-order valence-electron chi connectivity index (χ4n) is 4.42. The minimum absolute atomic E-state index is 0.0193. The van der Waals surface area contributed by atoms with Gasteiger partial charge in [0.1, 0.15) is 11.9 Å². The lowest BCUT2D eigenvalue weighted by molar-refractivity contribution is -0.141. The molecule has 0 spiro atoms. The Labute approximate surface area is 187 Å². The monoisotopic (exact) mass is 436 g/mol. The second kappa shape index (κ2) is 9.16. The Kier molecular flexibility index (Phi) is 5.94. The number of hydrogen-bond donors (Lipinski definition) is 1. The van der Waals surface area contributed by atoms with Crippen molar-refractivity contribution in [1.82, 2.24) is 14.8 Å². The smallest absolute Gasteiger partial charge is 0.322 e. The van der Waals surface area contributed by atoms with Crippen LogP contribution in [-0.2, 0) is 22.6 Å². The lowest BCUT2D eigenvalue weighted by Crippen LogP contribution is -2.56. The van der Waals surface area contributed by atoms with E-state index in [1.165, 1.54) is 0 Å². The lowest BCUT2D eigenvalue weighted by Gasteiger charge is -2.39. The average molecular weight is 437 g/mol. The van der Waals surface area contributed by atoms with Gasteiger partial charge in [-0.15, -0.1) is 0 Å². The molecular formula is C24H28N4O4. The Bertz CT molecular complexity index is 943. The van der Waals surface area contributed by atoms with E-state index in [2.05, 4.69) is 10.3 Å². The Hall–Kier alpha value is -3.13. The van der Waals surface area contributed by atoms with Crippen molar-refractivity contribution in [2.75, 3.05) is 31.6 Å². The van der Waals surface area contributed by atoms with Crippen LogP contribution >= 0.6 is 0 Å². The van der Waals surface area contributed by atoms with Crippen molar-refractivity contribution in [2.45, 2.75) is 38.5 Å². The molecule has 8 nitrogen and oxygen atoms in total. The van der Waals surface area contributed by atoms with Crippen LogP contribution in [0.4, 0.5) is 10.5 Å². The number of nitrogens with one attached hydrogen (secondary N) is 1. The van der Waals surface area contributed by atoms with Crippen LogP contribution in [0.5, 0.6) is 5.75 Å². The standard InChI is InChI=1S/C24H28N4O4/c29-23(11-17-6-9-31-10-7-17)27-15-22(16-27)32-21-3-1-20(2-4-21)26-24(30)28-13-18-5-8-25-12-19(18)14-28/h1-5,8,12,17,22H,6-7,9-11,13-16H2,(H,26,30). The van der Waals surface area contributed by atoms with Gasteiger partial charge in [0.15, 0.2) is 0 Å². The first kappa shape index (κ1) is 20.8. The minimum atomic E-state index is -0.132. The van der Waals surface area contributed by atoms with Crippen LogP contribution in [-0.4, -0.2) is 59.1 Å². The maximum Gasteiger partial charge on any atom is 0.322 e. The molecule has 0 bridgehead atoms. The zero-order valence-electron chi connectivity index (χ0n) is 18.0. The molecule has 8 heteroatoms. The third kappa shape index (κ3) is 4.70. The first-order valence-electron chi connectivity index (χ1n) is 11.2. The predicted molar refractivity (Wildman–Crippen MR) is 118 cm³/mol. The molecule has 3 aliphatic heterocycles. The van der Waals surface area contributed by atoms with Gasteiger partial charge < -0.3 is 24.6 Å². The van der Waals surface area contributed by atoms with Crippen molar-refractivity contribution >= 4 is 17.6 Å². The molecule has 3 aliphatic rings. The number of urea groups is 1. The van der Waals surface area contributed by atoms with Gasteiger partial charge in [0, 0.05) is 50.8 Å². The molecule has 5 rings (SSSR count). The summed E-state index contributed by atoms with van der Waals surface area (Å²) >= 11 is 0. The number of pyridine rings is 1. The number of aromatic nitrogens is 1. The third-order valence-electron chi connectivity index (χ3n) is 6.43. The quantitative estimate of drug-likeness (QED) is 0.779. The van der Waals surface area contributed by atoms with Crippen LogP contribution in [0.2, 0.25) is 0 Å². The number of fused-ring (bicyclic) bond motifs is 1. The molecule has 0 radical (unpaired) electrons. The maximum absolute atomic E-state index is 12.6. The van der Waals surface area contributed by atoms with E-state index >= 15 is 0 Å². The number of likely N-dealkylation sites (tertiary alicyclic amines) is 1. The predicted octanol–water partition coefficient (Wildman–Crippen LogP) is 3.04. The Morgan fingerprint density at radius 3 is 2.53 bits per heavy atom. The van der Waals surface area contributed by atoms with Gasteiger partial charge in [0.2, 0.25) is 5.91 Å². The van der Waals surface area contributed by atoms with Gasteiger partial charge in [-0.2, -0.15) is 0 Å². The molecule has 0 saturated carbocycles. The molecule has 1 aromatic carbocycles. The summed E-state index contributed by atoms with van der Waals surface area (Å²) in [6, 6.07) is 9.20. The van der Waals surface area contributed by atoms with Gasteiger partial charge in [-0.3, -0.25) is 9.78 Å². The number of nitrogens with zero attached hydrogens (tertiary/aromatic N) is 3. The number of amides is 3. The van der Waals surface area contributed by atoms with Crippen molar-refractivity contribution in [3.63, 3.8) is 0 Å². The summed E-state index contributed by atoms with van der Waals surface area (Å²) in [7, 11) is 0. The number of rotatable bonds is 5. The molecule has 1 aromatic heterocycles. The zero-order chi connectivity index (χ0) is 21.9. The number of benzene rings is 1. The van der Waals surface area contributed by atoms with E-state index in [-0.39, 0.29) is 18.0 Å². The van der Waals surface area contributed by atoms with Gasteiger partial charge in [-0.1, -0.05) is 0 Å². The highest BCUT2D eigenvalue weighted by Crippen LogP contribution is 2.25. The summed E-state index contributed by atoms with van der Waals surface area (Å²) in [5, 5.41) is 2.94. The van der Waals surface area contributed by atoms with Crippen molar-refractivity contribution in [3.8, 4) is 5.75 Å². The van der Waals surface area contributed by atoms with Crippen LogP contribution in [0, 0.1) is 5.92 Å².